The molecule has 2 aromatic carbocycles. The summed E-state index contributed by atoms with van der Waals surface area (Å²) in [6.07, 6.45) is -4.85. The summed E-state index contributed by atoms with van der Waals surface area (Å²) in [5.41, 5.74) is 0.340. The van der Waals surface area contributed by atoms with Gasteiger partial charge in [-0.3, -0.25) is 9.89 Å². The number of hydrogen-bond acceptors (Lipinski definition) is 5. The molecule has 2 saturated heterocycles. The molecule has 0 unspecified atom stereocenters. The van der Waals surface area contributed by atoms with Gasteiger partial charge < -0.3 is 14.5 Å². The molecule has 2 atom stereocenters. The van der Waals surface area contributed by atoms with Crippen molar-refractivity contribution in [1.29, 1.82) is 0 Å². The van der Waals surface area contributed by atoms with Crippen LogP contribution in [0, 0.1) is 17.7 Å². The number of aromatic nitrogens is 3. The van der Waals surface area contributed by atoms with Crippen LogP contribution in [0.1, 0.15) is 27.9 Å². The number of benzene rings is 2. The third-order valence-corrected chi connectivity index (χ3v) is 6.65. The first-order valence-corrected chi connectivity index (χ1v) is 11.1. The molecular formula is C23H21F4N5O3. The summed E-state index contributed by atoms with van der Waals surface area (Å²) in [5, 5.41) is 10.4. The van der Waals surface area contributed by atoms with Crippen LogP contribution in [0.15, 0.2) is 36.4 Å². The summed E-state index contributed by atoms with van der Waals surface area (Å²) >= 11 is 0. The number of alkyl halides is 3. The van der Waals surface area contributed by atoms with Gasteiger partial charge in [-0.05, 0) is 48.6 Å². The van der Waals surface area contributed by atoms with Gasteiger partial charge in [-0.1, -0.05) is 11.3 Å². The van der Waals surface area contributed by atoms with Crippen LogP contribution in [0.4, 0.5) is 22.4 Å². The predicted molar refractivity (Wildman–Crippen MR) is 115 cm³/mol. The molecule has 0 saturated carbocycles. The molecule has 2 amide bonds. The molecule has 3 heterocycles. The Balaban J connectivity index is 1.20. The van der Waals surface area contributed by atoms with E-state index in [9.17, 15) is 27.2 Å². The first-order chi connectivity index (χ1) is 16.7. The molecule has 8 nitrogen and oxygen atoms in total. The Morgan fingerprint density at radius 1 is 1.06 bits per heavy atom. The minimum Gasteiger partial charge on any atom is -0.445 e. The molecule has 35 heavy (non-hydrogen) atoms. The van der Waals surface area contributed by atoms with E-state index in [1.165, 1.54) is 4.90 Å². The van der Waals surface area contributed by atoms with Gasteiger partial charge in [-0.2, -0.15) is 13.2 Å². The Bertz CT molecular complexity index is 1280. The normalized spacial score (nSPS) is 20.2. The first-order valence-electron chi connectivity index (χ1n) is 11.1. The van der Waals surface area contributed by atoms with Gasteiger partial charge in [0, 0.05) is 37.3 Å². The second-order valence-electron chi connectivity index (χ2n) is 8.86. The summed E-state index contributed by atoms with van der Waals surface area (Å²) in [6, 6.07) is 7.38. The van der Waals surface area contributed by atoms with Gasteiger partial charge in [0.25, 0.3) is 5.91 Å². The zero-order chi connectivity index (χ0) is 24.7. The van der Waals surface area contributed by atoms with Crippen LogP contribution in [-0.2, 0) is 17.5 Å². The molecule has 0 radical (unpaired) electrons. The van der Waals surface area contributed by atoms with Crippen molar-refractivity contribution in [2.45, 2.75) is 19.2 Å². The second-order valence-corrected chi connectivity index (χ2v) is 8.86. The molecule has 2 fully saturated rings. The number of rotatable bonds is 3. The molecule has 184 valence electrons. The fraction of sp³-hybridized carbons (Fsp3) is 0.391. The average molecular weight is 491 g/mol. The highest BCUT2D eigenvalue weighted by Crippen LogP contribution is 2.34. The molecule has 0 spiro atoms. The lowest BCUT2D eigenvalue weighted by Gasteiger charge is -2.33. The van der Waals surface area contributed by atoms with E-state index in [2.05, 4.69) is 15.4 Å². The fourth-order valence-electron chi connectivity index (χ4n) is 4.83. The van der Waals surface area contributed by atoms with Crippen LogP contribution in [0.2, 0.25) is 0 Å². The molecule has 0 bridgehead atoms. The zero-order valence-electron chi connectivity index (χ0n) is 18.4. The molecule has 3 aromatic rings. The number of amides is 2. The van der Waals surface area contributed by atoms with Crippen LogP contribution in [0.3, 0.4) is 0 Å². The van der Waals surface area contributed by atoms with E-state index in [1.54, 1.807) is 23.1 Å². The van der Waals surface area contributed by atoms with Gasteiger partial charge in [0.05, 0.1) is 11.1 Å². The van der Waals surface area contributed by atoms with Gasteiger partial charge in [-0.15, -0.1) is 5.10 Å². The predicted octanol–water partition coefficient (Wildman–Crippen LogP) is 3.85. The number of aromatic amines is 1. The molecule has 1 N–H and O–H groups in total. The largest absolute Gasteiger partial charge is 0.445 e. The Morgan fingerprint density at radius 3 is 2.63 bits per heavy atom. The van der Waals surface area contributed by atoms with Crippen molar-refractivity contribution in [2.24, 2.45) is 11.8 Å². The molecule has 2 aliphatic heterocycles. The molecule has 1 aromatic heterocycles. The molecule has 5 rings (SSSR count). The number of hydrogen-bond donors (Lipinski definition) is 1. The van der Waals surface area contributed by atoms with E-state index >= 15 is 0 Å². The van der Waals surface area contributed by atoms with Crippen molar-refractivity contribution in [3.05, 3.63) is 58.9 Å². The van der Waals surface area contributed by atoms with Gasteiger partial charge in [0.2, 0.25) is 0 Å². The number of H-pyrrole nitrogens is 1. The van der Waals surface area contributed by atoms with Crippen LogP contribution in [-0.4, -0.2) is 63.4 Å². The minimum atomic E-state index is -4.76. The average Bonchev–Trinajstić information content (AvgIpc) is 3.47. The monoisotopic (exact) mass is 491 g/mol. The number of nitrogens with zero attached hydrogens (tertiary/aromatic N) is 4. The first kappa shape index (κ1) is 23.1. The lowest BCUT2D eigenvalue weighted by molar-refractivity contribution is -0.138. The molecule has 12 heteroatoms. The maximum atomic E-state index is 13.3. The van der Waals surface area contributed by atoms with Crippen molar-refractivity contribution < 1.29 is 31.9 Å². The fourth-order valence-corrected chi connectivity index (χ4v) is 4.83. The van der Waals surface area contributed by atoms with E-state index in [-0.39, 0.29) is 23.3 Å². The third kappa shape index (κ3) is 4.64. The lowest BCUT2D eigenvalue weighted by Crippen LogP contribution is -2.43. The van der Waals surface area contributed by atoms with Gasteiger partial charge in [0.15, 0.2) is 0 Å². The summed E-state index contributed by atoms with van der Waals surface area (Å²) in [5.74, 6) is -0.898. The maximum Gasteiger partial charge on any atom is 0.416 e. The van der Waals surface area contributed by atoms with E-state index in [1.807, 2.05) is 0 Å². The van der Waals surface area contributed by atoms with Crippen molar-refractivity contribution >= 4 is 23.0 Å². The van der Waals surface area contributed by atoms with Gasteiger partial charge >= 0.3 is 12.3 Å². The van der Waals surface area contributed by atoms with E-state index in [0.29, 0.717) is 49.7 Å². The number of nitrogens with one attached hydrogen (secondary N) is 1. The number of carbonyl (C=O) groups excluding carboxylic acids is 2. The van der Waals surface area contributed by atoms with Crippen molar-refractivity contribution in [3.8, 4) is 0 Å². The van der Waals surface area contributed by atoms with Crippen molar-refractivity contribution in [1.82, 2.24) is 25.2 Å². The molecule has 2 aliphatic rings. The minimum absolute atomic E-state index is 0.0348. The summed E-state index contributed by atoms with van der Waals surface area (Å²) < 4.78 is 58.0. The maximum absolute atomic E-state index is 13.3. The Labute approximate surface area is 196 Å². The number of carbonyl (C=O) groups is 2. The van der Waals surface area contributed by atoms with Crippen LogP contribution >= 0.6 is 0 Å². The Hall–Kier alpha value is -3.70. The molecule has 0 aliphatic carbocycles. The van der Waals surface area contributed by atoms with Crippen LogP contribution in [0.25, 0.3) is 11.0 Å². The van der Waals surface area contributed by atoms with Gasteiger partial charge in [0.1, 0.15) is 17.9 Å². The number of halogens is 4. The van der Waals surface area contributed by atoms with E-state index in [4.69, 9.17) is 4.74 Å². The zero-order valence-corrected chi connectivity index (χ0v) is 18.4. The standard InChI is InChI=1S/C23H21F4N5O3/c24-17-3-1-15(18(8-17)23(25,26)27)12-35-22(34)31-6-5-14-9-32(11-16(14)10-31)21(33)13-2-4-19-20(7-13)29-30-28-19/h1-4,7-8,14,16H,5-6,9-12H2,(H,28,29,30)/t14-,16-/m1/s1. The Morgan fingerprint density at radius 2 is 1.83 bits per heavy atom. The number of likely N-dealkylation sites (tertiary alicyclic amines) is 2. The number of piperidine rings is 1. The smallest absolute Gasteiger partial charge is 0.416 e. The lowest BCUT2D eigenvalue weighted by atomic mass is 9.89. The Kier molecular flexibility index (Phi) is 5.81. The van der Waals surface area contributed by atoms with Crippen molar-refractivity contribution in [3.63, 3.8) is 0 Å². The van der Waals surface area contributed by atoms with Crippen molar-refractivity contribution in [2.75, 3.05) is 26.2 Å². The number of ether oxygens (including phenoxy) is 1. The summed E-state index contributed by atoms with van der Waals surface area (Å²) in [6.45, 7) is 1.12. The quantitative estimate of drug-likeness (QED) is 0.562. The highest BCUT2D eigenvalue weighted by atomic mass is 19.4. The highest BCUT2D eigenvalue weighted by Gasteiger charge is 2.41. The topological polar surface area (TPSA) is 91.4 Å². The third-order valence-electron chi connectivity index (χ3n) is 6.65. The summed E-state index contributed by atoms with van der Waals surface area (Å²) in [7, 11) is 0. The van der Waals surface area contributed by atoms with Crippen LogP contribution < -0.4 is 0 Å². The highest BCUT2D eigenvalue weighted by molar-refractivity contribution is 5.97. The van der Waals surface area contributed by atoms with Crippen LogP contribution in [0.5, 0.6) is 0 Å². The van der Waals surface area contributed by atoms with Gasteiger partial charge in [-0.25, -0.2) is 9.18 Å². The van der Waals surface area contributed by atoms with E-state index < -0.39 is 30.3 Å². The SMILES string of the molecule is O=C(OCc1ccc(F)cc1C(F)(F)F)N1CC[C@@H]2CN(C(=O)c3ccc4[nH]nnc4c3)C[C@H]2C1. The molecular weight excluding hydrogens is 470 g/mol. The second kappa shape index (κ2) is 8.82. The van der Waals surface area contributed by atoms with E-state index in [0.717, 1.165) is 17.6 Å². The number of fused-ring (bicyclic) bond motifs is 2. The summed E-state index contributed by atoms with van der Waals surface area (Å²) in [4.78, 5) is 28.8.